The summed E-state index contributed by atoms with van der Waals surface area (Å²) < 4.78 is 2.03. The molecule has 0 unspecified atom stereocenters. The number of rotatable bonds is 2. The largest absolute Gasteiger partial charge is 0.324 e. The van der Waals surface area contributed by atoms with Crippen LogP contribution in [0.3, 0.4) is 0 Å². The van der Waals surface area contributed by atoms with Crippen molar-refractivity contribution in [1.82, 2.24) is 9.55 Å². The van der Waals surface area contributed by atoms with Crippen LogP contribution in [-0.4, -0.2) is 9.55 Å². The molecule has 66 valence electrons. The Morgan fingerprint density at radius 1 is 1.31 bits per heavy atom. The molecule has 0 saturated carbocycles. The van der Waals surface area contributed by atoms with Gasteiger partial charge in [-0.3, -0.25) is 4.98 Å². The van der Waals surface area contributed by atoms with Crippen LogP contribution in [0.4, 0.5) is 0 Å². The molecule has 0 saturated heterocycles. The van der Waals surface area contributed by atoms with Gasteiger partial charge in [-0.2, -0.15) is 0 Å². The van der Waals surface area contributed by atoms with Crippen molar-refractivity contribution < 1.29 is 0 Å². The molecule has 3 heteroatoms. The van der Waals surface area contributed by atoms with Crippen LogP contribution in [0.15, 0.2) is 42.9 Å². The fraction of sp³-hybridized carbons (Fsp3) is 0.100. The Morgan fingerprint density at radius 3 is 2.77 bits per heavy atom. The molecule has 0 spiro atoms. The summed E-state index contributed by atoms with van der Waals surface area (Å²) in [6.45, 7) is 0. The van der Waals surface area contributed by atoms with E-state index in [1.165, 1.54) is 0 Å². The number of halogens is 1. The Kier molecular flexibility index (Phi) is 2.32. The zero-order valence-electron chi connectivity index (χ0n) is 7.02. The van der Waals surface area contributed by atoms with E-state index < -0.39 is 0 Å². The smallest absolute Gasteiger partial charge is 0.0648 e. The van der Waals surface area contributed by atoms with Gasteiger partial charge in [0.25, 0.3) is 0 Å². The molecule has 2 rings (SSSR count). The molecular formula is C10H9ClN2. The highest BCUT2D eigenvalue weighted by Crippen LogP contribution is 2.09. The molecule has 2 nitrogen and oxygen atoms in total. The first-order valence-electron chi connectivity index (χ1n) is 4.04. The highest BCUT2D eigenvalue weighted by Gasteiger charge is 1.96. The molecule has 0 bridgehead atoms. The van der Waals surface area contributed by atoms with Crippen LogP contribution in [0, 0.1) is 0 Å². The van der Waals surface area contributed by atoms with Gasteiger partial charge in [0.05, 0.1) is 11.6 Å². The first-order chi connectivity index (χ1) is 6.40. The molecule has 0 atom stereocenters. The second-order valence-corrected chi connectivity index (χ2v) is 3.00. The van der Waals surface area contributed by atoms with Crippen molar-refractivity contribution in [1.29, 1.82) is 0 Å². The van der Waals surface area contributed by atoms with E-state index in [1.807, 2.05) is 41.2 Å². The first kappa shape index (κ1) is 8.32. The number of hydrogen-bond acceptors (Lipinski definition) is 1. The predicted molar refractivity (Wildman–Crippen MR) is 53.1 cm³/mol. The van der Waals surface area contributed by atoms with Crippen LogP contribution in [0.25, 0.3) is 5.69 Å². The summed E-state index contributed by atoms with van der Waals surface area (Å²) in [6, 6.07) is 7.91. The normalized spacial score (nSPS) is 10.2. The third kappa shape index (κ3) is 1.73. The summed E-state index contributed by atoms with van der Waals surface area (Å²) in [7, 11) is 0. The SMILES string of the molecule is ClCc1cc(-n2cccc2)ccn1. The van der Waals surface area contributed by atoms with E-state index in [-0.39, 0.29) is 0 Å². The lowest BCUT2D eigenvalue weighted by molar-refractivity contribution is 1.05. The summed E-state index contributed by atoms with van der Waals surface area (Å²) in [6.07, 6.45) is 5.76. The van der Waals surface area contributed by atoms with Crippen molar-refractivity contribution in [2.45, 2.75) is 5.88 Å². The number of alkyl halides is 1. The average molecular weight is 193 g/mol. The molecule has 0 aliphatic rings. The van der Waals surface area contributed by atoms with Crippen molar-refractivity contribution in [3.8, 4) is 5.69 Å². The van der Waals surface area contributed by atoms with Gasteiger partial charge in [0.2, 0.25) is 0 Å². The topological polar surface area (TPSA) is 17.8 Å². The molecule has 0 aliphatic carbocycles. The van der Waals surface area contributed by atoms with Gasteiger partial charge in [-0.15, -0.1) is 11.6 Å². The molecule has 0 amide bonds. The van der Waals surface area contributed by atoms with Crippen molar-refractivity contribution in [3.05, 3.63) is 48.5 Å². The van der Waals surface area contributed by atoms with Gasteiger partial charge in [-0.25, -0.2) is 0 Å². The summed E-state index contributed by atoms with van der Waals surface area (Å²) in [5.74, 6) is 0.453. The van der Waals surface area contributed by atoms with E-state index in [1.54, 1.807) is 6.20 Å². The van der Waals surface area contributed by atoms with Crippen LogP contribution in [0.5, 0.6) is 0 Å². The molecule has 2 heterocycles. The molecule has 0 aliphatic heterocycles. The van der Waals surface area contributed by atoms with Gasteiger partial charge in [0, 0.05) is 24.3 Å². The molecule has 13 heavy (non-hydrogen) atoms. The molecule has 0 fully saturated rings. The maximum absolute atomic E-state index is 5.69. The fourth-order valence-corrected chi connectivity index (χ4v) is 1.35. The number of pyridine rings is 1. The molecule has 0 radical (unpaired) electrons. The summed E-state index contributed by atoms with van der Waals surface area (Å²) in [4.78, 5) is 4.12. The minimum atomic E-state index is 0.453. The second-order valence-electron chi connectivity index (χ2n) is 2.73. The zero-order chi connectivity index (χ0) is 9.10. The lowest BCUT2D eigenvalue weighted by Crippen LogP contribution is -1.92. The maximum atomic E-state index is 5.69. The number of hydrogen-bond donors (Lipinski definition) is 0. The van der Waals surface area contributed by atoms with Gasteiger partial charge >= 0.3 is 0 Å². The van der Waals surface area contributed by atoms with Crippen LogP contribution in [0.2, 0.25) is 0 Å². The van der Waals surface area contributed by atoms with Gasteiger partial charge in [0.15, 0.2) is 0 Å². The van der Waals surface area contributed by atoms with E-state index in [4.69, 9.17) is 11.6 Å². The molecule has 0 aromatic carbocycles. The van der Waals surface area contributed by atoms with Crippen LogP contribution in [-0.2, 0) is 5.88 Å². The molecule has 2 aromatic heterocycles. The van der Waals surface area contributed by atoms with Crippen LogP contribution >= 0.6 is 11.6 Å². The van der Waals surface area contributed by atoms with Gasteiger partial charge < -0.3 is 4.57 Å². The third-order valence-electron chi connectivity index (χ3n) is 1.84. The first-order valence-corrected chi connectivity index (χ1v) is 4.58. The lowest BCUT2D eigenvalue weighted by Gasteiger charge is -2.02. The average Bonchev–Trinajstić information content (AvgIpc) is 2.71. The second kappa shape index (κ2) is 3.62. The monoisotopic (exact) mass is 192 g/mol. The predicted octanol–water partition coefficient (Wildman–Crippen LogP) is 2.61. The van der Waals surface area contributed by atoms with E-state index in [0.717, 1.165) is 11.4 Å². The Bertz CT molecular complexity index is 382. The van der Waals surface area contributed by atoms with E-state index in [0.29, 0.717) is 5.88 Å². The quantitative estimate of drug-likeness (QED) is 0.669. The molecule has 0 N–H and O–H groups in total. The Labute approximate surface area is 81.8 Å². The highest BCUT2D eigenvalue weighted by molar-refractivity contribution is 6.16. The fourth-order valence-electron chi connectivity index (χ4n) is 1.21. The van der Waals surface area contributed by atoms with Gasteiger partial charge in [0.1, 0.15) is 0 Å². The van der Waals surface area contributed by atoms with Crippen molar-refractivity contribution in [2.24, 2.45) is 0 Å². The van der Waals surface area contributed by atoms with E-state index in [9.17, 15) is 0 Å². The summed E-state index contributed by atoms with van der Waals surface area (Å²) in [5, 5.41) is 0. The minimum absolute atomic E-state index is 0.453. The zero-order valence-corrected chi connectivity index (χ0v) is 7.78. The number of nitrogens with zero attached hydrogens (tertiary/aromatic N) is 2. The van der Waals surface area contributed by atoms with E-state index >= 15 is 0 Å². The Morgan fingerprint density at radius 2 is 2.08 bits per heavy atom. The summed E-state index contributed by atoms with van der Waals surface area (Å²) in [5.41, 5.74) is 1.99. The molecular weight excluding hydrogens is 184 g/mol. The lowest BCUT2D eigenvalue weighted by atomic mass is 10.3. The Hall–Kier alpha value is -1.28. The van der Waals surface area contributed by atoms with Crippen molar-refractivity contribution in [3.63, 3.8) is 0 Å². The van der Waals surface area contributed by atoms with Crippen molar-refractivity contribution >= 4 is 11.6 Å². The maximum Gasteiger partial charge on any atom is 0.0648 e. The van der Waals surface area contributed by atoms with Gasteiger partial charge in [-0.1, -0.05) is 0 Å². The minimum Gasteiger partial charge on any atom is -0.324 e. The number of aromatic nitrogens is 2. The van der Waals surface area contributed by atoms with E-state index in [2.05, 4.69) is 4.98 Å². The van der Waals surface area contributed by atoms with Crippen LogP contribution < -0.4 is 0 Å². The Balaban J connectivity index is 2.41. The van der Waals surface area contributed by atoms with Gasteiger partial charge in [-0.05, 0) is 24.3 Å². The van der Waals surface area contributed by atoms with Crippen LogP contribution in [0.1, 0.15) is 5.69 Å². The highest BCUT2D eigenvalue weighted by atomic mass is 35.5. The van der Waals surface area contributed by atoms with Crippen molar-refractivity contribution in [2.75, 3.05) is 0 Å². The summed E-state index contributed by atoms with van der Waals surface area (Å²) >= 11 is 5.69. The third-order valence-corrected chi connectivity index (χ3v) is 2.11. The molecule has 2 aromatic rings. The standard InChI is InChI=1S/C10H9ClN2/c11-8-9-7-10(3-4-12-9)13-5-1-2-6-13/h1-7H,8H2.